The molecule has 6 rings (SSSR count). The van der Waals surface area contributed by atoms with Gasteiger partial charge in [0.2, 0.25) is 0 Å². The number of rotatable bonds is 7. The van der Waals surface area contributed by atoms with Crippen LogP contribution in [0.15, 0.2) is 72.8 Å². The minimum atomic E-state index is 0.611. The van der Waals surface area contributed by atoms with Gasteiger partial charge in [0.25, 0.3) is 0 Å². The molecule has 0 atom stereocenters. The van der Waals surface area contributed by atoms with Crippen LogP contribution in [0.2, 0.25) is 10.0 Å². The molecule has 8 heteroatoms. The van der Waals surface area contributed by atoms with Crippen LogP contribution in [-0.4, -0.2) is 53.6 Å². The van der Waals surface area contributed by atoms with E-state index in [-0.39, 0.29) is 0 Å². The number of benzene rings is 3. The second kappa shape index (κ2) is 11.4. The lowest BCUT2D eigenvalue weighted by Gasteiger charge is -2.37. The van der Waals surface area contributed by atoms with Crippen molar-refractivity contribution >= 4 is 45.7 Å². The molecule has 0 spiro atoms. The quantitative estimate of drug-likeness (QED) is 0.216. The predicted molar refractivity (Wildman–Crippen MR) is 162 cm³/mol. The number of imidazole rings is 1. The highest BCUT2D eigenvalue weighted by Gasteiger charge is 2.27. The Kier molecular flexibility index (Phi) is 7.53. The third-order valence-electron chi connectivity index (χ3n) is 7.69. The third-order valence-corrected chi connectivity index (χ3v) is 8.31. The molecule has 1 saturated heterocycles. The van der Waals surface area contributed by atoms with E-state index < -0.39 is 0 Å². The summed E-state index contributed by atoms with van der Waals surface area (Å²) in [6.45, 7) is 7.01. The number of anilines is 1. The average molecular weight is 571 g/mol. The van der Waals surface area contributed by atoms with Gasteiger partial charge in [0, 0.05) is 54.8 Å². The van der Waals surface area contributed by atoms with Crippen LogP contribution in [0.3, 0.4) is 0 Å². The van der Waals surface area contributed by atoms with Crippen molar-refractivity contribution < 1.29 is 4.74 Å². The van der Waals surface area contributed by atoms with Crippen LogP contribution in [0.4, 0.5) is 5.82 Å². The molecule has 3 heterocycles. The molecular weight excluding hydrogens is 541 g/mol. The SMILES string of the molecule is Cc1c(Cc2ccccc2Cl)c(N2CCN(CCOc3ccc(Cl)cc3)CC2)n2c(nc3ccccc32)c1C#N. The molecule has 0 bridgehead atoms. The van der Waals surface area contributed by atoms with Gasteiger partial charge in [0.15, 0.2) is 5.65 Å². The Labute approximate surface area is 243 Å². The maximum atomic E-state index is 10.2. The zero-order valence-corrected chi connectivity index (χ0v) is 23.8. The number of fused-ring (bicyclic) bond motifs is 3. The Morgan fingerprint density at radius 3 is 2.40 bits per heavy atom. The Balaban J connectivity index is 1.33. The Hall–Kier alpha value is -3.76. The molecule has 0 N–H and O–H groups in total. The zero-order valence-electron chi connectivity index (χ0n) is 22.3. The number of ether oxygens (including phenoxy) is 1. The number of halogens is 2. The number of nitriles is 1. The first-order valence-electron chi connectivity index (χ1n) is 13.5. The lowest BCUT2D eigenvalue weighted by Crippen LogP contribution is -2.48. The van der Waals surface area contributed by atoms with Crippen molar-refractivity contribution in [3.05, 3.63) is 105 Å². The van der Waals surface area contributed by atoms with E-state index in [9.17, 15) is 5.26 Å². The normalized spacial score (nSPS) is 14.1. The molecular formula is C32H29Cl2N5O. The molecule has 5 aromatic rings. The summed E-state index contributed by atoms with van der Waals surface area (Å²) < 4.78 is 8.13. The Morgan fingerprint density at radius 1 is 0.925 bits per heavy atom. The van der Waals surface area contributed by atoms with Gasteiger partial charge in [0.05, 0.1) is 16.6 Å². The maximum Gasteiger partial charge on any atom is 0.157 e. The van der Waals surface area contributed by atoms with Crippen LogP contribution in [0.1, 0.15) is 22.3 Å². The highest BCUT2D eigenvalue weighted by atomic mass is 35.5. The van der Waals surface area contributed by atoms with Crippen molar-refractivity contribution in [3.63, 3.8) is 0 Å². The highest BCUT2D eigenvalue weighted by molar-refractivity contribution is 6.31. The summed E-state index contributed by atoms with van der Waals surface area (Å²) >= 11 is 12.6. The van der Waals surface area contributed by atoms with E-state index in [2.05, 4.69) is 32.4 Å². The van der Waals surface area contributed by atoms with Gasteiger partial charge >= 0.3 is 0 Å². The van der Waals surface area contributed by atoms with E-state index in [0.717, 1.165) is 77.0 Å². The van der Waals surface area contributed by atoms with E-state index in [1.165, 1.54) is 0 Å². The van der Waals surface area contributed by atoms with Crippen LogP contribution in [0.5, 0.6) is 5.75 Å². The smallest absolute Gasteiger partial charge is 0.157 e. The predicted octanol–water partition coefficient (Wildman–Crippen LogP) is 6.77. The minimum absolute atomic E-state index is 0.611. The first-order chi connectivity index (χ1) is 19.5. The van der Waals surface area contributed by atoms with Crippen LogP contribution in [-0.2, 0) is 6.42 Å². The Bertz CT molecular complexity index is 1720. The number of aromatic nitrogens is 2. The molecule has 40 heavy (non-hydrogen) atoms. The topological polar surface area (TPSA) is 56.8 Å². The molecule has 202 valence electrons. The largest absolute Gasteiger partial charge is 0.492 e. The van der Waals surface area contributed by atoms with Crippen molar-refractivity contribution in [2.24, 2.45) is 0 Å². The molecule has 0 amide bonds. The van der Waals surface area contributed by atoms with Crippen molar-refractivity contribution in [1.29, 1.82) is 5.26 Å². The first kappa shape index (κ1) is 26.5. The van der Waals surface area contributed by atoms with Crippen LogP contribution >= 0.6 is 23.2 Å². The van der Waals surface area contributed by atoms with E-state index in [1.54, 1.807) is 0 Å². The maximum absolute atomic E-state index is 10.2. The van der Waals surface area contributed by atoms with E-state index in [1.807, 2.05) is 67.6 Å². The van der Waals surface area contributed by atoms with Gasteiger partial charge < -0.3 is 9.64 Å². The molecule has 6 nitrogen and oxygen atoms in total. The van der Waals surface area contributed by atoms with Gasteiger partial charge in [-0.1, -0.05) is 53.5 Å². The molecule has 0 saturated carbocycles. The second-order valence-electron chi connectivity index (χ2n) is 10.1. The van der Waals surface area contributed by atoms with Crippen molar-refractivity contribution in [2.75, 3.05) is 44.2 Å². The number of para-hydroxylation sites is 2. The number of hydrogen-bond donors (Lipinski definition) is 0. The summed E-state index contributed by atoms with van der Waals surface area (Å²) in [5.41, 5.74) is 6.31. The molecule has 0 aliphatic carbocycles. The standard InChI is InChI=1S/C32H29Cl2N5O/c1-22-26(20-23-6-2-3-7-28(23)34)32(39-30-9-5-4-8-29(30)36-31(39)27(22)21-35)38-16-14-37(15-17-38)18-19-40-25-12-10-24(33)11-13-25/h2-13H,14-20H2,1H3. The first-order valence-corrected chi connectivity index (χ1v) is 14.2. The van der Waals surface area contributed by atoms with Crippen molar-refractivity contribution in [1.82, 2.24) is 14.3 Å². The monoisotopic (exact) mass is 569 g/mol. The van der Waals surface area contributed by atoms with Gasteiger partial charge in [0.1, 0.15) is 24.2 Å². The summed E-state index contributed by atoms with van der Waals surface area (Å²) in [7, 11) is 0. The summed E-state index contributed by atoms with van der Waals surface area (Å²) in [4.78, 5) is 9.78. The van der Waals surface area contributed by atoms with Gasteiger partial charge in [-0.05, 0) is 60.5 Å². The van der Waals surface area contributed by atoms with Gasteiger partial charge in [-0.2, -0.15) is 5.26 Å². The number of hydrogen-bond acceptors (Lipinski definition) is 5. The van der Waals surface area contributed by atoms with Gasteiger partial charge in [-0.3, -0.25) is 9.30 Å². The second-order valence-corrected chi connectivity index (χ2v) is 10.9. The Morgan fingerprint density at radius 2 is 1.65 bits per heavy atom. The molecule has 3 aromatic carbocycles. The van der Waals surface area contributed by atoms with E-state index in [0.29, 0.717) is 29.3 Å². The van der Waals surface area contributed by atoms with E-state index in [4.69, 9.17) is 32.9 Å². The molecule has 1 aliphatic heterocycles. The fourth-order valence-electron chi connectivity index (χ4n) is 5.55. The third kappa shape index (κ3) is 5.09. The van der Waals surface area contributed by atoms with Gasteiger partial charge in [-0.25, -0.2) is 4.98 Å². The molecule has 0 radical (unpaired) electrons. The highest BCUT2D eigenvalue weighted by Crippen LogP contribution is 2.36. The van der Waals surface area contributed by atoms with Crippen LogP contribution in [0, 0.1) is 18.3 Å². The van der Waals surface area contributed by atoms with Crippen molar-refractivity contribution in [3.8, 4) is 11.8 Å². The van der Waals surface area contributed by atoms with Crippen molar-refractivity contribution in [2.45, 2.75) is 13.3 Å². The summed E-state index contributed by atoms with van der Waals surface area (Å²) in [6.07, 6.45) is 0.632. The number of piperazine rings is 1. The fourth-order valence-corrected chi connectivity index (χ4v) is 5.87. The fraction of sp³-hybridized carbons (Fsp3) is 0.250. The molecule has 2 aromatic heterocycles. The summed E-state index contributed by atoms with van der Waals surface area (Å²) in [6, 6.07) is 26.0. The molecule has 1 fully saturated rings. The summed E-state index contributed by atoms with van der Waals surface area (Å²) in [5.74, 6) is 1.92. The lowest BCUT2D eigenvalue weighted by molar-refractivity contribution is 0.200. The van der Waals surface area contributed by atoms with E-state index >= 15 is 0 Å². The van der Waals surface area contributed by atoms with Crippen LogP contribution in [0.25, 0.3) is 16.7 Å². The number of pyridine rings is 1. The van der Waals surface area contributed by atoms with Crippen LogP contribution < -0.4 is 9.64 Å². The number of nitrogens with zero attached hydrogens (tertiary/aromatic N) is 5. The zero-order chi connectivity index (χ0) is 27.6. The molecule has 1 aliphatic rings. The minimum Gasteiger partial charge on any atom is -0.492 e. The summed E-state index contributed by atoms with van der Waals surface area (Å²) in [5, 5.41) is 11.7. The lowest BCUT2D eigenvalue weighted by atomic mass is 9.97. The average Bonchev–Trinajstić information content (AvgIpc) is 3.35. The van der Waals surface area contributed by atoms with Gasteiger partial charge in [-0.15, -0.1) is 0 Å². The molecule has 0 unspecified atom stereocenters.